The Hall–Kier alpha value is -7.58. The van der Waals surface area contributed by atoms with Gasteiger partial charge in [-0.3, -0.25) is 0 Å². The smallest absolute Gasteiger partial charge is 0.0440 e. The molecule has 0 spiro atoms. The Bertz CT molecular complexity index is 4060. The van der Waals surface area contributed by atoms with Crippen LogP contribution in [0, 0.1) is 0 Å². The monoisotopic (exact) mass is 786 g/mol. The van der Waals surface area contributed by atoms with Gasteiger partial charge in [-0.25, -0.2) is 0 Å². The average Bonchev–Trinajstić information content (AvgIpc) is 3.71. The maximum absolute atomic E-state index is 2.47. The lowest BCUT2D eigenvalue weighted by Gasteiger charge is -2.20. The molecule has 1 aromatic heterocycles. The summed E-state index contributed by atoms with van der Waals surface area (Å²) >= 11 is 1.93. The van der Waals surface area contributed by atoms with Crippen LogP contribution in [0.4, 0.5) is 0 Å². The van der Waals surface area contributed by atoms with Crippen molar-refractivity contribution < 1.29 is 0 Å². The molecule has 0 saturated carbocycles. The minimum atomic E-state index is 1.25. The lowest BCUT2D eigenvalue weighted by Crippen LogP contribution is -1.93. The summed E-state index contributed by atoms with van der Waals surface area (Å²) in [5.41, 5.74) is 7.63. The van der Waals surface area contributed by atoms with Gasteiger partial charge in [0.05, 0.1) is 0 Å². The van der Waals surface area contributed by atoms with Gasteiger partial charge in [0.15, 0.2) is 0 Å². The highest BCUT2D eigenvalue weighted by Crippen LogP contribution is 2.50. The summed E-state index contributed by atoms with van der Waals surface area (Å²) in [4.78, 5) is 0. The van der Waals surface area contributed by atoms with Crippen molar-refractivity contribution in [3.8, 4) is 33.4 Å². The van der Waals surface area contributed by atoms with Crippen LogP contribution >= 0.6 is 11.3 Å². The van der Waals surface area contributed by atoms with E-state index in [-0.39, 0.29) is 0 Å². The van der Waals surface area contributed by atoms with Crippen molar-refractivity contribution in [3.63, 3.8) is 0 Å². The first-order valence-electron chi connectivity index (χ1n) is 21.2. The van der Waals surface area contributed by atoms with E-state index in [9.17, 15) is 0 Å². The van der Waals surface area contributed by atoms with Crippen molar-refractivity contribution in [2.24, 2.45) is 0 Å². The predicted molar refractivity (Wildman–Crippen MR) is 267 cm³/mol. The summed E-state index contributed by atoms with van der Waals surface area (Å²) in [6, 6.07) is 77.4. The van der Waals surface area contributed by atoms with Gasteiger partial charge >= 0.3 is 0 Å². The molecular formula is C60H34S. The van der Waals surface area contributed by atoms with Gasteiger partial charge in [0, 0.05) is 25.6 Å². The highest BCUT2D eigenvalue weighted by atomic mass is 32.1. The summed E-state index contributed by atoms with van der Waals surface area (Å²) in [5, 5.41) is 23.5. The zero-order valence-electron chi connectivity index (χ0n) is 33.0. The van der Waals surface area contributed by atoms with E-state index in [1.165, 1.54) is 140 Å². The zero-order valence-corrected chi connectivity index (χ0v) is 33.9. The summed E-state index contributed by atoms with van der Waals surface area (Å²) in [6.45, 7) is 0. The predicted octanol–water partition coefficient (Wildman–Crippen LogP) is 17.7. The maximum atomic E-state index is 2.47. The Morgan fingerprint density at radius 2 is 0.705 bits per heavy atom. The lowest BCUT2D eigenvalue weighted by atomic mass is 9.82. The van der Waals surface area contributed by atoms with E-state index in [4.69, 9.17) is 0 Å². The van der Waals surface area contributed by atoms with E-state index in [1.807, 2.05) is 11.3 Å². The molecule has 0 bridgehead atoms. The third-order valence-electron chi connectivity index (χ3n) is 13.6. The van der Waals surface area contributed by atoms with Crippen molar-refractivity contribution in [1.29, 1.82) is 0 Å². The van der Waals surface area contributed by atoms with Crippen LogP contribution in [0.3, 0.4) is 0 Å². The summed E-state index contributed by atoms with van der Waals surface area (Å²) in [7, 11) is 0. The van der Waals surface area contributed by atoms with Gasteiger partial charge < -0.3 is 0 Å². The molecule has 0 aliphatic rings. The van der Waals surface area contributed by atoms with Crippen LogP contribution in [0.1, 0.15) is 0 Å². The number of thiophene rings is 1. The molecule has 1 heterocycles. The first-order chi connectivity index (χ1) is 30.3. The molecule has 14 aromatic rings. The molecule has 280 valence electrons. The molecule has 0 aliphatic heterocycles. The van der Waals surface area contributed by atoms with Gasteiger partial charge in [-0.1, -0.05) is 194 Å². The van der Waals surface area contributed by atoms with Crippen LogP contribution in [-0.4, -0.2) is 0 Å². The molecule has 0 N–H and O–H groups in total. The van der Waals surface area contributed by atoms with Crippen molar-refractivity contribution in [2.75, 3.05) is 0 Å². The fourth-order valence-corrected chi connectivity index (χ4v) is 12.2. The number of benzene rings is 13. The second-order valence-corrected chi connectivity index (χ2v) is 17.7. The standard InChI is InChI=1S/C60H34S/c1-2-12-35(13-3-1)39-27-22-36-24-29-50-51(30-25-37-23-28-48(39)56(36)57(37)50)58-46-20-10-8-18-44(46)55(45-19-9-11-21-47(45)58)38-26-33-54-53(34-38)52-32-31-49-42-16-5-4-14-40(42)41-15-6-7-17-43(41)59(49)60(52)61-54/h1-34H. The van der Waals surface area contributed by atoms with Crippen molar-refractivity contribution in [1.82, 2.24) is 0 Å². The van der Waals surface area contributed by atoms with Crippen LogP contribution in [0.15, 0.2) is 206 Å². The van der Waals surface area contributed by atoms with E-state index >= 15 is 0 Å². The Morgan fingerprint density at radius 3 is 1.34 bits per heavy atom. The molecule has 0 nitrogen and oxygen atoms in total. The van der Waals surface area contributed by atoms with Gasteiger partial charge in [0.25, 0.3) is 0 Å². The molecule has 1 heteroatoms. The van der Waals surface area contributed by atoms with Gasteiger partial charge in [-0.15, -0.1) is 11.3 Å². The molecule has 0 aliphatic carbocycles. The van der Waals surface area contributed by atoms with Crippen molar-refractivity contribution in [3.05, 3.63) is 206 Å². The van der Waals surface area contributed by atoms with E-state index in [1.54, 1.807) is 0 Å². The number of rotatable bonds is 3. The third-order valence-corrected chi connectivity index (χ3v) is 14.8. The highest BCUT2D eigenvalue weighted by molar-refractivity contribution is 7.26. The van der Waals surface area contributed by atoms with E-state index in [2.05, 4.69) is 206 Å². The Balaban J connectivity index is 1.03. The van der Waals surface area contributed by atoms with Crippen LogP contribution in [-0.2, 0) is 0 Å². The Morgan fingerprint density at radius 1 is 0.246 bits per heavy atom. The first-order valence-corrected chi connectivity index (χ1v) is 22.0. The van der Waals surface area contributed by atoms with Crippen LogP contribution < -0.4 is 0 Å². The minimum Gasteiger partial charge on any atom is -0.135 e. The third kappa shape index (κ3) is 4.59. The molecule has 0 radical (unpaired) electrons. The lowest BCUT2D eigenvalue weighted by molar-refractivity contribution is 1.66. The second-order valence-electron chi connectivity index (χ2n) is 16.6. The molecule has 0 fully saturated rings. The van der Waals surface area contributed by atoms with Gasteiger partial charge in [-0.2, -0.15) is 0 Å². The van der Waals surface area contributed by atoms with Gasteiger partial charge in [-0.05, 0) is 126 Å². The SMILES string of the molecule is c1ccc(-c2ccc3ccc4c(-c5c6ccccc6c(-c6ccc7sc8c(ccc9c%10ccccc%10c%10ccccc%10c98)c7c6)c6ccccc56)ccc5ccc2c3c54)cc1. The fraction of sp³-hybridized carbons (Fsp3) is 0. The molecule has 13 aromatic carbocycles. The van der Waals surface area contributed by atoms with Crippen LogP contribution in [0.5, 0.6) is 0 Å². The summed E-state index contributed by atoms with van der Waals surface area (Å²) in [5.74, 6) is 0. The number of hydrogen-bond acceptors (Lipinski definition) is 1. The van der Waals surface area contributed by atoms with E-state index in [0.717, 1.165) is 0 Å². The summed E-state index contributed by atoms with van der Waals surface area (Å²) in [6.07, 6.45) is 0. The van der Waals surface area contributed by atoms with E-state index in [0.29, 0.717) is 0 Å². The topological polar surface area (TPSA) is 0 Å². The van der Waals surface area contributed by atoms with Crippen molar-refractivity contribution >= 4 is 118 Å². The fourth-order valence-electron chi connectivity index (χ4n) is 11.0. The minimum absolute atomic E-state index is 1.25. The van der Waals surface area contributed by atoms with Gasteiger partial charge in [0.1, 0.15) is 0 Å². The largest absolute Gasteiger partial charge is 0.135 e. The van der Waals surface area contributed by atoms with Crippen LogP contribution in [0.25, 0.3) is 140 Å². The van der Waals surface area contributed by atoms with Gasteiger partial charge in [0.2, 0.25) is 0 Å². The number of hydrogen-bond donors (Lipinski definition) is 0. The molecule has 14 rings (SSSR count). The molecule has 0 amide bonds. The summed E-state index contributed by atoms with van der Waals surface area (Å²) < 4.78 is 2.68. The zero-order chi connectivity index (χ0) is 39.8. The second kappa shape index (κ2) is 12.5. The average molecular weight is 787 g/mol. The molecule has 0 saturated heterocycles. The van der Waals surface area contributed by atoms with Crippen LogP contribution in [0.2, 0.25) is 0 Å². The molecule has 0 atom stereocenters. The highest BCUT2D eigenvalue weighted by Gasteiger charge is 2.22. The molecule has 61 heavy (non-hydrogen) atoms. The number of fused-ring (bicyclic) bond motifs is 12. The van der Waals surface area contributed by atoms with Crippen molar-refractivity contribution in [2.45, 2.75) is 0 Å². The Labute approximate surface area is 355 Å². The maximum Gasteiger partial charge on any atom is 0.0440 e. The van der Waals surface area contributed by atoms with E-state index < -0.39 is 0 Å². The normalized spacial score (nSPS) is 12.3. The Kier molecular flexibility index (Phi) is 6.80. The molecular weight excluding hydrogens is 753 g/mol. The quantitative estimate of drug-likeness (QED) is 0.124. The molecule has 0 unspecified atom stereocenters. The first kappa shape index (κ1) is 33.3.